The Morgan fingerprint density at radius 2 is 2.14 bits per heavy atom. The number of hydrogen-bond acceptors (Lipinski definition) is 5. The number of rotatable bonds is 3. The molecule has 114 valence electrons. The predicted octanol–water partition coefficient (Wildman–Crippen LogP) is 0.225. The quantitative estimate of drug-likeness (QED) is 0.862. The van der Waals surface area contributed by atoms with Gasteiger partial charge < -0.3 is 20.3 Å². The SMILES string of the molecule is NCc1ccc(N2CCN(C(=O)C3CCOC3)CC2)nc1. The van der Waals surface area contributed by atoms with Crippen LogP contribution < -0.4 is 10.6 Å². The predicted molar refractivity (Wildman–Crippen MR) is 79.8 cm³/mol. The molecule has 0 aromatic carbocycles. The van der Waals surface area contributed by atoms with Crippen LogP contribution in [0.25, 0.3) is 0 Å². The van der Waals surface area contributed by atoms with Crippen LogP contribution in [-0.2, 0) is 16.1 Å². The van der Waals surface area contributed by atoms with Crippen LogP contribution in [0.5, 0.6) is 0 Å². The molecule has 2 fully saturated rings. The van der Waals surface area contributed by atoms with Crippen LogP contribution in [-0.4, -0.2) is 55.2 Å². The van der Waals surface area contributed by atoms with E-state index in [4.69, 9.17) is 10.5 Å². The third kappa shape index (κ3) is 3.16. The molecule has 0 spiro atoms. The zero-order valence-corrected chi connectivity index (χ0v) is 12.2. The average Bonchev–Trinajstić information content (AvgIpc) is 3.09. The fourth-order valence-electron chi connectivity index (χ4n) is 2.87. The number of amides is 1. The highest BCUT2D eigenvalue weighted by Gasteiger charge is 2.30. The number of pyridine rings is 1. The van der Waals surface area contributed by atoms with Crippen LogP contribution in [0.15, 0.2) is 18.3 Å². The molecule has 1 aromatic heterocycles. The maximum atomic E-state index is 12.3. The Hall–Kier alpha value is -1.66. The van der Waals surface area contributed by atoms with E-state index in [1.165, 1.54) is 0 Å². The first-order valence-corrected chi connectivity index (χ1v) is 7.54. The largest absolute Gasteiger partial charge is 0.381 e. The topological polar surface area (TPSA) is 71.7 Å². The lowest BCUT2D eigenvalue weighted by Gasteiger charge is -2.36. The van der Waals surface area contributed by atoms with Crippen LogP contribution in [0.2, 0.25) is 0 Å². The molecule has 2 aliphatic rings. The van der Waals surface area contributed by atoms with E-state index < -0.39 is 0 Å². The highest BCUT2D eigenvalue weighted by atomic mass is 16.5. The summed E-state index contributed by atoms with van der Waals surface area (Å²) in [6.45, 7) is 4.99. The number of aromatic nitrogens is 1. The summed E-state index contributed by atoms with van der Waals surface area (Å²) in [7, 11) is 0. The normalized spacial score (nSPS) is 22.6. The Kier molecular flexibility index (Phi) is 4.36. The van der Waals surface area contributed by atoms with Gasteiger partial charge in [0.15, 0.2) is 0 Å². The summed E-state index contributed by atoms with van der Waals surface area (Å²) in [6.07, 6.45) is 2.68. The molecule has 0 bridgehead atoms. The van der Waals surface area contributed by atoms with Crippen molar-refractivity contribution < 1.29 is 9.53 Å². The molecular formula is C15H22N4O2. The molecular weight excluding hydrogens is 268 g/mol. The summed E-state index contributed by atoms with van der Waals surface area (Å²) in [5.41, 5.74) is 6.62. The van der Waals surface area contributed by atoms with Gasteiger partial charge >= 0.3 is 0 Å². The molecule has 1 atom stereocenters. The fraction of sp³-hybridized carbons (Fsp3) is 0.600. The van der Waals surface area contributed by atoms with Gasteiger partial charge in [-0.15, -0.1) is 0 Å². The zero-order chi connectivity index (χ0) is 14.7. The van der Waals surface area contributed by atoms with Gasteiger partial charge in [-0.05, 0) is 18.1 Å². The third-order valence-electron chi connectivity index (χ3n) is 4.24. The molecule has 2 aliphatic heterocycles. The smallest absolute Gasteiger partial charge is 0.228 e. The van der Waals surface area contributed by atoms with Crippen molar-refractivity contribution in [2.75, 3.05) is 44.3 Å². The van der Waals surface area contributed by atoms with Crippen molar-refractivity contribution in [1.29, 1.82) is 0 Å². The monoisotopic (exact) mass is 290 g/mol. The summed E-state index contributed by atoms with van der Waals surface area (Å²) in [5.74, 6) is 1.28. The second kappa shape index (κ2) is 6.41. The molecule has 21 heavy (non-hydrogen) atoms. The maximum Gasteiger partial charge on any atom is 0.228 e. The van der Waals surface area contributed by atoms with Crippen molar-refractivity contribution in [3.05, 3.63) is 23.9 Å². The summed E-state index contributed by atoms with van der Waals surface area (Å²) >= 11 is 0. The molecule has 6 nitrogen and oxygen atoms in total. The number of carbonyl (C=O) groups excluding carboxylic acids is 1. The van der Waals surface area contributed by atoms with Gasteiger partial charge in [0, 0.05) is 45.5 Å². The summed E-state index contributed by atoms with van der Waals surface area (Å²) in [5, 5.41) is 0. The number of hydrogen-bond donors (Lipinski definition) is 1. The maximum absolute atomic E-state index is 12.3. The number of nitrogens with two attached hydrogens (primary N) is 1. The summed E-state index contributed by atoms with van der Waals surface area (Å²) in [4.78, 5) is 20.9. The number of carbonyl (C=O) groups is 1. The van der Waals surface area contributed by atoms with Gasteiger partial charge in [0.25, 0.3) is 0 Å². The average molecular weight is 290 g/mol. The van der Waals surface area contributed by atoms with Gasteiger partial charge in [-0.25, -0.2) is 4.98 Å². The Morgan fingerprint density at radius 3 is 2.71 bits per heavy atom. The van der Waals surface area contributed by atoms with E-state index in [-0.39, 0.29) is 11.8 Å². The number of piperazine rings is 1. The molecule has 0 saturated carbocycles. The molecule has 1 unspecified atom stereocenters. The van der Waals surface area contributed by atoms with Gasteiger partial charge in [0.2, 0.25) is 5.91 Å². The Morgan fingerprint density at radius 1 is 1.33 bits per heavy atom. The lowest BCUT2D eigenvalue weighted by atomic mass is 10.1. The van der Waals surface area contributed by atoms with Gasteiger partial charge in [0.1, 0.15) is 5.82 Å². The molecule has 6 heteroatoms. The Labute approximate surface area is 124 Å². The second-order valence-electron chi connectivity index (χ2n) is 5.60. The van der Waals surface area contributed by atoms with Crippen LogP contribution in [0, 0.1) is 5.92 Å². The van der Waals surface area contributed by atoms with Crippen LogP contribution in [0.3, 0.4) is 0 Å². The lowest BCUT2D eigenvalue weighted by Crippen LogP contribution is -2.50. The van der Waals surface area contributed by atoms with E-state index in [0.717, 1.165) is 44.0 Å². The van der Waals surface area contributed by atoms with E-state index >= 15 is 0 Å². The van der Waals surface area contributed by atoms with E-state index in [9.17, 15) is 4.79 Å². The van der Waals surface area contributed by atoms with E-state index in [1.807, 2.05) is 23.2 Å². The minimum absolute atomic E-state index is 0.0681. The van der Waals surface area contributed by atoms with Gasteiger partial charge in [-0.2, -0.15) is 0 Å². The van der Waals surface area contributed by atoms with Gasteiger partial charge in [-0.1, -0.05) is 6.07 Å². The number of anilines is 1. The van der Waals surface area contributed by atoms with E-state index in [0.29, 0.717) is 19.8 Å². The Balaban J connectivity index is 1.55. The molecule has 1 aromatic rings. The van der Waals surface area contributed by atoms with Crippen molar-refractivity contribution >= 4 is 11.7 Å². The summed E-state index contributed by atoms with van der Waals surface area (Å²) < 4.78 is 5.30. The number of ether oxygens (including phenoxy) is 1. The first-order valence-electron chi connectivity index (χ1n) is 7.54. The first kappa shape index (κ1) is 14.3. The minimum Gasteiger partial charge on any atom is -0.381 e. The molecule has 2 saturated heterocycles. The van der Waals surface area contributed by atoms with Crippen molar-refractivity contribution in [3.63, 3.8) is 0 Å². The van der Waals surface area contributed by atoms with Crippen LogP contribution in [0.1, 0.15) is 12.0 Å². The minimum atomic E-state index is 0.0681. The molecule has 0 aliphatic carbocycles. The van der Waals surface area contributed by atoms with Crippen molar-refractivity contribution in [3.8, 4) is 0 Å². The molecule has 1 amide bonds. The van der Waals surface area contributed by atoms with Gasteiger partial charge in [0.05, 0.1) is 12.5 Å². The highest BCUT2D eigenvalue weighted by molar-refractivity contribution is 5.79. The van der Waals surface area contributed by atoms with Crippen LogP contribution >= 0.6 is 0 Å². The molecule has 0 radical (unpaired) electrons. The number of nitrogens with zero attached hydrogens (tertiary/aromatic N) is 3. The second-order valence-corrected chi connectivity index (χ2v) is 5.60. The van der Waals surface area contributed by atoms with E-state index in [2.05, 4.69) is 9.88 Å². The molecule has 3 rings (SSSR count). The van der Waals surface area contributed by atoms with Crippen molar-refractivity contribution in [1.82, 2.24) is 9.88 Å². The van der Waals surface area contributed by atoms with Crippen molar-refractivity contribution in [2.24, 2.45) is 11.7 Å². The fourth-order valence-corrected chi connectivity index (χ4v) is 2.87. The van der Waals surface area contributed by atoms with Crippen molar-refractivity contribution in [2.45, 2.75) is 13.0 Å². The van der Waals surface area contributed by atoms with Gasteiger partial charge in [-0.3, -0.25) is 4.79 Å². The Bertz CT molecular complexity index is 477. The molecule has 3 heterocycles. The summed E-state index contributed by atoms with van der Waals surface area (Å²) in [6, 6.07) is 4.01. The van der Waals surface area contributed by atoms with Crippen LogP contribution in [0.4, 0.5) is 5.82 Å². The zero-order valence-electron chi connectivity index (χ0n) is 12.2. The standard InChI is InChI=1S/C15H22N4O2/c16-9-12-1-2-14(17-10-12)18-4-6-19(7-5-18)15(20)13-3-8-21-11-13/h1-2,10,13H,3-9,11,16H2. The molecule has 2 N–H and O–H groups in total. The first-order chi connectivity index (χ1) is 10.3. The third-order valence-corrected chi connectivity index (χ3v) is 4.24. The van der Waals surface area contributed by atoms with E-state index in [1.54, 1.807) is 0 Å². The lowest BCUT2D eigenvalue weighted by molar-refractivity contribution is -0.135. The highest BCUT2D eigenvalue weighted by Crippen LogP contribution is 2.19.